The molecule has 27 heavy (non-hydrogen) atoms. The molecule has 0 spiro atoms. The van der Waals surface area contributed by atoms with E-state index in [9.17, 15) is 5.11 Å². The Kier molecular flexibility index (Phi) is 7.32. The van der Waals surface area contributed by atoms with Crippen molar-refractivity contribution in [3.63, 3.8) is 0 Å². The maximum atomic E-state index is 10.1. The Bertz CT molecular complexity index is 799. The molecule has 2 unspecified atom stereocenters. The summed E-state index contributed by atoms with van der Waals surface area (Å²) in [5.41, 5.74) is 2.02. The average Bonchev–Trinajstić information content (AvgIpc) is 3.03. The lowest BCUT2D eigenvalue weighted by Crippen LogP contribution is -2.41. The molecule has 2 aliphatic rings. The first-order valence-corrected chi connectivity index (χ1v) is 10.2. The predicted molar refractivity (Wildman–Crippen MR) is 110 cm³/mol. The zero-order valence-corrected chi connectivity index (χ0v) is 17.7. The van der Waals surface area contributed by atoms with E-state index in [1.54, 1.807) is 18.2 Å². The topological polar surface area (TPSA) is 38.7 Å². The summed E-state index contributed by atoms with van der Waals surface area (Å²) in [5.74, 6) is 0.120. The minimum Gasteiger partial charge on any atom is -0.388 e. The average molecular weight is 450 g/mol. The molecule has 3 nitrogen and oxygen atoms in total. The molecule has 2 aliphatic heterocycles. The Hall–Kier alpha value is -0.520. The standard InChI is InChI=1S/C13H14Cl2O3.C7H6Cl2/c14-9-2-1-7(11(15)5-9)3-8-4-10-6-17-13(18-10)12(8)16;1-5-4-6(8)2-3-7(5)9/h1-2,5,8,10,12-13,16H,3-4,6H2;2-4H,1H3/t8?,10-,12?,13+;/m0./s1. The van der Waals surface area contributed by atoms with Crippen LogP contribution in [-0.2, 0) is 15.9 Å². The molecule has 2 aromatic rings. The third-order valence-corrected chi connectivity index (χ3v) is 5.96. The minimum absolute atomic E-state index is 0.106. The molecule has 4 rings (SSSR count). The van der Waals surface area contributed by atoms with Crippen molar-refractivity contribution in [1.29, 1.82) is 0 Å². The molecule has 0 aliphatic carbocycles. The van der Waals surface area contributed by atoms with Gasteiger partial charge < -0.3 is 14.6 Å². The number of benzene rings is 2. The molecule has 0 saturated carbocycles. The summed E-state index contributed by atoms with van der Waals surface area (Å²) in [6, 6.07) is 10.9. The second kappa shape index (κ2) is 9.32. The van der Waals surface area contributed by atoms with Crippen LogP contribution in [0.15, 0.2) is 36.4 Å². The number of halogens is 4. The van der Waals surface area contributed by atoms with Gasteiger partial charge in [0.15, 0.2) is 6.29 Å². The number of hydrogen-bond acceptors (Lipinski definition) is 3. The Morgan fingerprint density at radius 1 is 1.00 bits per heavy atom. The first-order valence-electron chi connectivity index (χ1n) is 8.64. The smallest absolute Gasteiger partial charge is 0.184 e. The van der Waals surface area contributed by atoms with Gasteiger partial charge in [-0.3, -0.25) is 0 Å². The lowest BCUT2D eigenvalue weighted by Gasteiger charge is -2.31. The van der Waals surface area contributed by atoms with E-state index >= 15 is 0 Å². The van der Waals surface area contributed by atoms with Gasteiger partial charge in [-0.1, -0.05) is 52.5 Å². The molecule has 2 heterocycles. The van der Waals surface area contributed by atoms with Crippen molar-refractivity contribution in [2.75, 3.05) is 6.61 Å². The summed E-state index contributed by atoms with van der Waals surface area (Å²) in [5, 5.41) is 12.9. The van der Waals surface area contributed by atoms with Crippen LogP contribution >= 0.6 is 46.4 Å². The fourth-order valence-electron chi connectivity index (χ4n) is 3.25. The summed E-state index contributed by atoms with van der Waals surface area (Å²) < 4.78 is 10.9. The molecule has 1 N–H and O–H groups in total. The maximum absolute atomic E-state index is 10.1. The number of rotatable bonds is 2. The molecular formula is C20H20Cl4O3. The molecule has 146 valence electrons. The van der Waals surface area contributed by atoms with E-state index in [0.29, 0.717) is 16.7 Å². The van der Waals surface area contributed by atoms with Crippen molar-refractivity contribution < 1.29 is 14.6 Å². The van der Waals surface area contributed by atoms with E-state index in [1.807, 2.05) is 25.1 Å². The first kappa shape index (κ1) is 21.2. The van der Waals surface area contributed by atoms with Crippen molar-refractivity contribution in [1.82, 2.24) is 0 Å². The highest BCUT2D eigenvalue weighted by Crippen LogP contribution is 2.35. The number of aliphatic hydroxyl groups excluding tert-OH is 1. The largest absolute Gasteiger partial charge is 0.388 e. The molecular weight excluding hydrogens is 430 g/mol. The van der Waals surface area contributed by atoms with Crippen LogP contribution in [0, 0.1) is 12.8 Å². The van der Waals surface area contributed by atoms with Gasteiger partial charge in [-0.2, -0.15) is 0 Å². The highest BCUT2D eigenvalue weighted by Gasteiger charge is 2.43. The lowest BCUT2D eigenvalue weighted by atomic mass is 9.87. The Labute approximate surface area is 179 Å². The van der Waals surface area contributed by atoms with E-state index in [-0.39, 0.29) is 12.0 Å². The van der Waals surface area contributed by atoms with Gasteiger partial charge in [0.05, 0.1) is 12.7 Å². The van der Waals surface area contributed by atoms with Gasteiger partial charge in [0, 0.05) is 20.1 Å². The second-order valence-electron chi connectivity index (χ2n) is 6.78. The van der Waals surface area contributed by atoms with E-state index in [2.05, 4.69) is 0 Å². The van der Waals surface area contributed by atoms with Gasteiger partial charge in [0.25, 0.3) is 0 Å². The Morgan fingerprint density at radius 2 is 1.70 bits per heavy atom. The zero-order valence-electron chi connectivity index (χ0n) is 14.7. The van der Waals surface area contributed by atoms with Crippen LogP contribution in [0.2, 0.25) is 20.1 Å². The molecule has 0 amide bonds. The normalized spacial score (nSPS) is 26.4. The summed E-state index contributed by atoms with van der Waals surface area (Å²) in [6.07, 6.45) is 0.567. The lowest BCUT2D eigenvalue weighted by molar-refractivity contribution is -0.174. The van der Waals surface area contributed by atoms with Gasteiger partial charge in [-0.15, -0.1) is 0 Å². The van der Waals surface area contributed by atoms with Crippen LogP contribution in [0.3, 0.4) is 0 Å². The van der Waals surface area contributed by atoms with Crippen molar-refractivity contribution >= 4 is 46.4 Å². The van der Waals surface area contributed by atoms with Crippen molar-refractivity contribution in [3.05, 3.63) is 67.6 Å². The quantitative estimate of drug-likeness (QED) is 0.614. The van der Waals surface area contributed by atoms with E-state index in [1.165, 1.54) is 0 Å². The van der Waals surface area contributed by atoms with Crippen molar-refractivity contribution in [3.8, 4) is 0 Å². The number of aliphatic hydroxyl groups is 1. The maximum Gasteiger partial charge on any atom is 0.184 e. The molecule has 7 heteroatoms. The third-order valence-electron chi connectivity index (χ3n) is 4.72. The first-order chi connectivity index (χ1) is 12.8. The molecule has 4 atom stereocenters. The fourth-order valence-corrected chi connectivity index (χ4v) is 4.08. The summed E-state index contributed by atoms with van der Waals surface area (Å²) in [7, 11) is 0. The van der Waals surface area contributed by atoms with Crippen LogP contribution in [0.1, 0.15) is 17.5 Å². The molecule has 2 fully saturated rings. The van der Waals surface area contributed by atoms with Crippen LogP contribution < -0.4 is 0 Å². The molecule has 2 aromatic carbocycles. The SMILES string of the molecule is Cc1cc(Cl)ccc1Cl.OC1C(Cc2ccc(Cl)cc2Cl)C[C@H]2CO[C@@H]1O2. The van der Waals surface area contributed by atoms with Crippen LogP contribution in [0.4, 0.5) is 0 Å². The summed E-state index contributed by atoms with van der Waals surface area (Å²) in [6.45, 7) is 2.50. The molecule has 0 aromatic heterocycles. The number of fused-ring (bicyclic) bond motifs is 2. The highest BCUT2D eigenvalue weighted by molar-refractivity contribution is 6.35. The van der Waals surface area contributed by atoms with Gasteiger partial charge in [0.1, 0.15) is 6.10 Å². The minimum atomic E-state index is -0.588. The van der Waals surface area contributed by atoms with E-state index in [4.69, 9.17) is 55.9 Å². The van der Waals surface area contributed by atoms with Crippen molar-refractivity contribution in [2.24, 2.45) is 5.92 Å². The van der Waals surface area contributed by atoms with E-state index < -0.39 is 12.4 Å². The van der Waals surface area contributed by atoms with Gasteiger partial charge >= 0.3 is 0 Å². The zero-order chi connectivity index (χ0) is 19.6. The summed E-state index contributed by atoms with van der Waals surface area (Å²) >= 11 is 23.4. The Morgan fingerprint density at radius 3 is 2.37 bits per heavy atom. The van der Waals surface area contributed by atoms with Gasteiger partial charge in [0.2, 0.25) is 0 Å². The predicted octanol–water partition coefficient (Wildman–Crippen LogP) is 5.96. The monoisotopic (exact) mass is 448 g/mol. The molecule has 2 saturated heterocycles. The van der Waals surface area contributed by atoms with Crippen LogP contribution in [-0.4, -0.2) is 30.2 Å². The summed E-state index contributed by atoms with van der Waals surface area (Å²) in [4.78, 5) is 0. The van der Waals surface area contributed by atoms with Gasteiger partial charge in [-0.05, 0) is 67.1 Å². The number of hydrogen-bond donors (Lipinski definition) is 1. The highest BCUT2D eigenvalue weighted by atomic mass is 35.5. The molecule has 2 bridgehead atoms. The number of aryl methyl sites for hydroxylation is 1. The third kappa shape index (κ3) is 5.51. The second-order valence-corrected chi connectivity index (χ2v) is 8.47. The van der Waals surface area contributed by atoms with Crippen LogP contribution in [0.5, 0.6) is 0 Å². The number of ether oxygens (including phenoxy) is 2. The van der Waals surface area contributed by atoms with E-state index in [0.717, 1.165) is 34.0 Å². The van der Waals surface area contributed by atoms with Gasteiger partial charge in [-0.25, -0.2) is 0 Å². The van der Waals surface area contributed by atoms with Crippen LogP contribution in [0.25, 0.3) is 0 Å². The Balaban J connectivity index is 0.000000197. The van der Waals surface area contributed by atoms with Crippen molar-refractivity contribution in [2.45, 2.75) is 38.3 Å². The fraction of sp³-hybridized carbons (Fsp3) is 0.400. The molecule has 0 radical (unpaired) electrons.